The highest BCUT2D eigenvalue weighted by Gasteiger charge is 2.33. The molecular weight excluding hydrogens is 492 g/mol. The summed E-state index contributed by atoms with van der Waals surface area (Å²) in [5.74, 6) is 1.27. The van der Waals surface area contributed by atoms with E-state index in [1.54, 1.807) is 30.3 Å². The highest BCUT2D eigenvalue weighted by Crippen LogP contribution is 2.39. The lowest BCUT2D eigenvalue weighted by Crippen LogP contribution is -2.44. The molecule has 0 saturated carbocycles. The Morgan fingerprint density at radius 2 is 1.73 bits per heavy atom. The van der Waals surface area contributed by atoms with E-state index in [9.17, 15) is 9.59 Å². The van der Waals surface area contributed by atoms with Crippen LogP contribution in [0.25, 0.3) is 6.08 Å². The van der Waals surface area contributed by atoms with Crippen LogP contribution < -0.4 is 24.4 Å². The van der Waals surface area contributed by atoms with Crippen LogP contribution in [-0.2, 0) is 21.5 Å². The summed E-state index contributed by atoms with van der Waals surface area (Å²) in [5, 5.41) is 3.50. The lowest BCUT2D eigenvalue weighted by molar-refractivity contribution is -0.123. The molecule has 0 aliphatic carbocycles. The third kappa shape index (κ3) is 5.42. The van der Waals surface area contributed by atoms with E-state index < -0.39 is 5.91 Å². The molecule has 0 radical (unpaired) electrons. The van der Waals surface area contributed by atoms with Gasteiger partial charge in [-0.3, -0.25) is 14.5 Å². The topological polar surface area (TPSA) is 77.1 Å². The van der Waals surface area contributed by atoms with Crippen molar-refractivity contribution in [3.63, 3.8) is 0 Å². The number of amides is 2. The van der Waals surface area contributed by atoms with Gasteiger partial charge in [-0.25, -0.2) is 0 Å². The zero-order valence-electron chi connectivity index (χ0n) is 20.8. The SMILES string of the molecule is CC(C)(C)c1ccc2c(c1)N(CC(=O)NCc1ccc3c(c1)OCO3)C(=O)/C(=C\c1ccc(Cl)cc1)O2. The summed E-state index contributed by atoms with van der Waals surface area (Å²) in [4.78, 5) is 28.0. The average molecular weight is 519 g/mol. The Bertz CT molecular complexity index is 1390. The Morgan fingerprint density at radius 1 is 1.00 bits per heavy atom. The van der Waals surface area contributed by atoms with E-state index in [1.807, 2.05) is 36.4 Å². The second kappa shape index (κ2) is 9.82. The number of carbonyl (C=O) groups is 2. The van der Waals surface area contributed by atoms with Crippen LogP contribution in [-0.4, -0.2) is 25.2 Å². The van der Waals surface area contributed by atoms with Crippen LogP contribution in [0.15, 0.2) is 66.4 Å². The van der Waals surface area contributed by atoms with Gasteiger partial charge in [0.05, 0.1) is 5.69 Å². The maximum absolute atomic E-state index is 13.6. The fraction of sp³-hybridized carbons (Fsp3) is 0.241. The van der Waals surface area contributed by atoms with E-state index in [0.717, 1.165) is 16.7 Å². The van der Waals surface area contributed by atoms with Crippen LogP contribution in [0.1, 0.15) is 37.5 Å². The molecule has 190 valence electrons. The minimum Gasteiger partial charge on any atom is -0.454 e. The van der Waals surface area contributed by atoms with E-state index in [2.05, 4.69) is 26.1 Å². The van der Waals surface area contributed by atoms with Gasteiger partial charge in [0.2, 0.25) is 12.7 Å². The summed E-state index contributed by atoms with van der Waals surface area (Å²) in [5.41, 5.74) is 3.06. The van der Waals surface area contributed by atoms with Crippen molar-refractivity contribution in [1.29, 1.82) is 0 Å². The zero-order chi connectivity index (χ0) is 26.2. The maximum atomic E-state index is 13.6. The molecule has 3 aromatic rings. The number of ether oxygens (including phenoxy) is 3. The largest absolute Gasteiger partial charge is 0.454 e. The van der Waals surface area contributed by atoms with Crippen molar-refractivity contribution in [2.75, 3.05) is 18.2 Å². The number of rotatable bonds is 5. The van der Waals surface area contributed by atoms with Crippen molar-refractivity contribution in [1.82, 2.24) is 5.32 Å². The monoisotopic (exact) mass is 518 g/mol. The standard InChI is InChI=1S/C29H27ClN2O5/c1-29(2,3)20-7-11-23-22(14-20)32(28(34)26(37-23)12-18-4-8-21(30)9-5-18)16-27(33)31-15-19-6-10-24-25(13-19)36-17-35-24/h4-14H,15-17H2,1-3H3,(H,31,33)/b26-12+. The van der Waals surface area contributed by atoms with Gasteiger partial charge in [-0.05, 0) is 64.6 Å². The molecule has 0 aromatic heterocycles. The highest BCUT2D eigenvalue weighted by atomic mass is 35.5. The maximum Gasteiger partial charge on any atom is 0.294 e. The quantitative estimate of drug-likeness (QED) is 0.454. The Labute approximate surface area is 220 Å². The van der Waals surface area contributed by atoms with E-state index in [0.29, 0.717) is 28.0 Å². The van der Waals surface area contributed by atoms with E-state index in [4.69, 9.17) is 25.8 Å². The van der Waals surface area contributed by atoms with Crippen LogP contribution in [0.5, 0.6) is 17.2 Å². The van der Waals surface area contributed by atoms with E-state index >= 15 is 0 Å². The first-order valence-electron chi connectivity index (χ1n) is 11.9. The molecule has 0 fully saturated rings. The lowest BCUT2D eigenvalue weighted by Gasteiger charge is -2.32. The molecule has 0 atom stereocenters. The molecule has 2 aliphatic heterocycles. The minimum absolute atomic E-state index is 0.127. The Hall–Kier alpha value is -3.97. The number of anilines is 1. The van der Waals surface area contributed by atoms with Crippen LogP contribution in [0, 0.1) is 0 Å². The third-order valence-electron chi connectivity index (χ3n) is 6.19. The van der Waals surface area contributed by atoms with Crippen molar-refractivity contribution < 1.29 is 23.8 Å². The van der Waals surface area contributed by atoms with Gasteiger partial charge in [-0.15, -0.1) is 0 Å². The predicted molar refractivity (Wildman–Crippen MR) is 142 cm³/mol. The van der Waals surface area contributed by atoms with Crippen molar-refractivity contribution in [2.45, 2.75) is 32.7 Å². The second-order valence-corrected chi connectivity index (χ2v) is 10.4. The number of halogens is 1. The number of nitrogens with one attached hydrogen (secondary N) is 1. The van der Waals surface area contributed by atoms with Gasteiger partial charge in [0, 0.05) is 11.6 Å². The van der Waals surface area contributed by atoms with Crippen molar-refractivity contribution in [3.05, 3.63) is 88.1 Å². The smallest absolute Gasteiger partial charge is 0.294 e. The summed E-state index contributed by atoms with van der Waals surface area (Å²) in [6.45, 7) is 6.59. The van der Waals surface area contributed by atoms with Gasteiger partial charge in [-0.2, -0.15) is 0 Å². The molecule has 2 aliphatic rings. The molecule has 5 rings (SSSR count). The van der Waals surface area contributed by atoms with Gasteiger partial charge in [-0.1, -0.05) is 56.6 Å². The van der Waals surface area contributed by atoms with Crippen LogP contribution in [0.4, 0.5) is 5.69 Å². The van der Waals surface area contributed by atoms with Crippen LogP contribution in [0.2, 0.25) is 5.02 Å². The molecule has 2 heterocycles. The highest BCUT2D eigenvalue weighted by molar-refractivity contribution is 6.30. The normalized spacial score (nSPS) is 15.4. The predicted octanol–water partition coefficient (Wildman–Crippen LogP) is 5.45. The fourth-order valence-corrected chi connectivity index (χ4v) is 4.22. The van der Waals surface area contributed by atoms with Gasteiger partial charge in [0.15, 0.2) is 23.0 Å². The summed E-state index contributed by atoms with van der Waals surface area (Å²) in [6.07, 6.45) is 1.65. The summed E-state index contributed by atoms with van der Waals surface area (Å²) in [6, 6.07) is 18.3. The van der Waals surface area contributed by atoms with Crippen molar-refractivity contribution in [3.8, 4) is 17.2 Å². The van der Waals surface area contributed by atoms with Gasteiger partial charge < -0.3 is 19.5 Å². The first kappa shape index (κ1) is 24.7. The number of carbonyl (C=O) groups excluding carboxylic acids is 2. The Kier molecular flexibility index (Phi) is 6.56. The van der Waals surface area contributed by atoms with Gasteiger partial charge in [0.1, 0.15) is 6.54 Å². The molecule has 0 saturated heterocycles. The third-order valence-corrected chi connectivity index (χ3v) is 6.44. The molecule has 1 N–H and O–H groups in total. The molecule has 0 spiro atoms. The fourth-order valence-electron chi connectivity index (χ4n) is 4.10. The molecule has 7 nitrogen and oxygen atoms in total. The number of hydrogen-bond acceptors (Lipinski definition) is 5. The first-order chi connectivity index (χ1) is 17.7. The molecular formula is C29H27ClN2O5. The average Bonchev–Trinajstić information content (AvgIpc) is 3.34. The van der Waals surface area contributed by atoms with Crippen LogP contribution >= 0.6 is 11.6 Å². The number of benzene rings is 3. The Morgan fingerprint density at radius 3 is 2.49 bits per heavy atom. The second-order valence-electron chi connectivity index (χ2n) is 9.95. The van der Waals surface area contributed by atoms with Crippen molar-refractivity contribution in [2.24, 2.45) is 0 Å². The summed E-state index contributed by atoms with van der Waals surface area (Å²) < 4.78 is 16.8. The minimum atomic E-state index is -0.397. The number of fused-ring (bicyclic) bond motifs is 2. The van der Waals surface area contributed by atoms with Gasteiger partial charge in [0.25, 0.3) is 5.91 Å². The van der Waals surface area contributed by atoms with Crippen LogP contribution in [0.3, 0.4) is 0 Å². The van der Waals surface area contributed by atoms with Gasteiger partial charge >= 0.3 is 0 Å². The molecule has 37 heavy (non-hydrogen) atoms. The zero-order valence-corrected chi connectivity index (χ0v) is 21.6. The molecule has 3 aromatic carbocycles. The molecule has 0 unspecified atom stereocenters. The van der Waals surface area contributed by atoms with E-state index in [-0.39, 0.29) is 37.0 Å². The first-order valence-corrected chi connectivity index (χ1v) is 12.3. The number of hydrogen-bond donors (Lipinski definition) is 1. The molecule has 0 bridgehead atoms. The van der Waals surface area contributed by atoms with E-state index in [1.165, 1.54) is 4.90 Å². The summed E-state index contributed by atoms with van der Waals surface area (Å²) >= 11 is 6.00. The van der Waals surface area contributed by atoms with Crippen molar-refractivity contribution >= 4 is 35.2 Å². The summed E-state index contributed by atoms with van der Waals surface area (Å²) in [7, 11) is 0. The molecule has 8 heteroatoms. The molecule has 2 amide bonds. The lowest BCUT2D eigenvalue weighted by atomic mass is 9.86. The number of nitrogens with zero attached hydrogens (tertiary/aromatic N) is 1. The Balaban J connectivity index is 1.40.